The van der Waals surface area contributed by atoms with Crippen molar-refractivity contribution in [3.63, 3.8) is 0 Å². The molecule has 1 saturated heterocycles. The highest BCUT2D eigenvalue weighted by Crippen LogP contribution is 2.26. The molecule has 1 aromatic rings. The maximum atomic E-state index is 13.2. The molecule has 1 aromatic carbocycles. The molecule has 4 nitrogen and oxygen atoms in total. The second kappa shape index (κ2) is 5.14. The lowest BCUT2D eigenvalue weighted by Crippen LogP contribution is -2.29. The Labute approximate surface area is 99.2 Å². The van der Waals surface area contributed by atoms with Crippen LogP contribution in [0.3, 0.4) is 0 Å². The van der Waals surface area contributed by atoms with Gasteiger partial charge >= 0.3 is 0 Å². The van der Waals surface area contributed by atoms with E-state index in [1.165, 1.54) is 12.1 Å². The van der Waals surface area contributed by atoms with Crippen LogP contribution in [0.2, 0.25) is 0 Å². The molecule has 1 aliphatic heterocycles. The summed E-state index contributed by atoms with van der Waals surface area (Å²) in [7, 11) is 1.55. The van der Waals surface area contributed by atoms with Gasteiger partial charge in [0.2, 0.25) is 5.91 Å². The van der Waals surface area contributed by atoms with Crippen molar-refractivity contribution >= 4 is 5.91 Å². The van der Waals surface area contributed by atoms with Crippen LogP contribution in [0.25, 0.3) is 0 Å². The fourth-order valence-corrected chi connectivity index (χ4v) is 1.93. The molecule has 17 heavy (non-hydrogen) atoms. The van der Waals surface area contributed by atoms with Crippen LogP contribution in [0.4, 0.5) is 4.39 Å². The molecule has 5 heteroatoms. The summed E-state index contributed by atoms with van der Waals surface area (Å²) >= 11 is 0. The van der Waals surface area contributed by atoms with E-state index in [1.54, 1.807) is 13.2 Å². The van der Waals surface area contributed by atoms with Crippen LogP contribution in [-0.2, 0) is 4.79 Å². The number of hydrogen-bond acceptors (Lipinski definition) is 3. The van der Waals surface area contributed by atoms with E-state index in [0.29, 0.717) is 25.3 Å². The van der Waals surface area contributed by atoms with Crippen LogP contribution in [0, 0.1) is 5.82 Å². The number of amides is 1. The van der Waals surface area contributed by atoms with E-state index in [-0.39, 0.29) is 17.8 Å². The summed E-state index contributed by atoms with van der Waals surface area (Å²) in [5, 5.41) is 5.98. The quantitative estimate of drug-likeness (QED) is 0.807. The maximum absolute atomic E-state index is 13.2. The van der Waals surface area contributed by atoms with E-state index in [1.807, 2.05) is 0 Å². The summed E-state index contributed by atoms with van der Waals surface area (Å²) in [5.41, 5.74) is 0.731. The highest BCUT2D eigenvalue weighted by Gasteiger charge is 2.20. The monoisotopic (exact) mass is 238 g/mol. The van der Waals surface area contributed by atoms with Gasteiger partial charge in [-0.05, 0) is 18.2 Å². The first-order chi connectivity index (χ1) is 8.20. The molecular formula is C12H15FN2O2. The molecule has 1 aliphatic rings. The smallest absolute Gasteiger partial charge is 0.221 e. The minimum absolute atomic E-state index is 0.00960. The summed E-state index contributed by atoms with van der Waals surface area (Å²) in [6, 6.07) is 4.28. The maximum Gasteiger partial charge on any atom is 0.221 e. The van der Waals surface area contributed by atoms with Crippen molar-refractivity contribution in [2.45, 2.75) is 12.5 Å². The average Bonchev–Trinajstić information content (AvgIpc) is 2.54. The van der Waals surface area contributed by atoms with Gasteiger partial charge in [0, 0.05) is 25.1 Å². The van der Waals surface area contributed by atoms with Crippen LogP contribution in [-0.4, -0.2) is 26.1 Å². The third-order valence-corrected chi connectivity index (χ3v) is 2.81. The van der Waals surface area contributed by atoms with E-state index in [9.17, 15) is 9.18 Å². The molecule has 92 valence electrons. The summed E-state index contributed by atoms with van der Waals surface area (Å²) in [4.78, 5) is 11.2. The van der Waals surface area contributed by atoms with Gasteiger partial charge in [-0.15, -0.1) is 0 Å². The molecule has 0 aromatic heterocycles. The van der Waals surface area contributed by atoms with Gasteiger partial charge in [-0.25, -0.2) is 4.39 Å². The zero-order chi connectivity index (χ0) is 12.3. The van der Waals surface area contributed by atoms with E-state index in [4.69, 9.17) is 4.74 Å². The van der Waals surface area contributed by atoms with E-state index in [0.717, 1.165) is 5.56 Å². The predicted molar refractivity (Wildman–Crippen MR) is 61.3 cm³/mol. The second-order valence-electron chi connectivity index (χ2n) is 3.95. The van der Waals surface area contributed by atoms with E-state index in [2.05, 4.69) is 10.6 Å². The number of ether oxygens (including phenoxy) is 1. The summed E-state index contributed by atoms with van der Waals surface area (Å²) in [6.07, 6.45) is 0.439. The summed E-state index contributed by atoms with van der Waals surface area (Å²) < 4.78 is 18.4. The van der Waals surface area contributed by atoms with Crippen molar-refractivity contribution in [1.29, 1.82) is 0 Å². The number of halogens is 1. The average molecular weight is 238 g/mol. The number of benzene rings is 1. The minimum Gasteiger partial charge on any atom is -0.496 e. The van der Waals surface area contributed by atoms with Gasteiger partial charge in [0.1, 0.15) is 11.6 Å². The van der Waals surface area contributed by atoms with Crippen molar-refractivity contribution in [2.75, 3.05) is 20.2 Å². The molecule has 1 heterocycles. The molecule has 0 bridgehead atoms. The van der Waals surface area contributed by atoms with Gasteiger partial charge in [-0.2, -0.15) is 0 Å². The molecule has 0 saturated carbocycles. The fourth-order valence-electron chi connectivity index (χ4n) is 1.93. The first kappa shape index (κ1) is 11.9. The molecule has 1 unspecified atom stereocenters. The van der Waals surface area contributed by atoms with Crippen LogP contribution in [0.15, 0.2) is 18.2 Å². The van der Waals surface area contributed by atoms with Crippen molar-refractivity contribution in [3.8, 4) is 5.75 Å². The van der Waals surface area contributed by atoms with Crippen molar-refractivity contribution in [3.05, 3.63) is 29.6 Å². The van der Waals surface area contributed by atoms with Crippen LogP contribution in [0.5, 0.6) is 5.75 Å². The number of methoxy groups -OCH3 is 1. The molecule has 1 atom stereocenters. The molecule has 2 rings (SSSR count). The van der Waals surface area contributed by atoms with Gasteiger partial charge < -0.3 is 15.4 Å². The largest absolute Gasteiger partial charge is 0.496 e. The predicted octanol–water partition coefficient (Wildman–Crippen LogP) is 0.985. The van der Waals surface area contributed by atoms with Crippen molar-refractivity contribution in [1.82, 2.24) is 10.6 Å². The minimum atomic E-state index is -0.307. The standard InChI is InChI=1S/C12H15FN2O2/c1-17-11-3-2-8(13)6-9(11)10-7-15-12(16)4-5-14-10/h2-3,6,10,14H,4-5,7H2,1H3,(H,15,16). The molecule has 0 radical (unpaired) electrons. The van der Waals surface area contributed by atoms with Crippen LogP contribution < -0.4 is 15.4 Å². The molecule has 1 fully saturated rings. The van der Waals surface area contributed by atoms with Crippen LogP contribution in [0.1, 0.15) is 18.0 Å². The normalized spacial score (nSPS) is 20.6. The Morgan fingerprint density at radius 2 is 2.29 bits per heavy atom. The number of hydrogen-bond donors (Lipinski definition) is 2. The number of carbonyl (C=O) groups excluding carboxylic acids is 1. The zero-order valence-electron chi connectivity index (χ0n) is 9.63. The third-order valence-electron chi connectivity index (χ3n) is 2.81. The fraction of sp³-hybridized carbons (Fsp3) is 0.417. The third kappa shape index (κ3) is 2.74. The second-order valence-corrected chi connectivity index (χ2v) is 3.95. The van der Waals surface area contributed by atoms with E-state index < -0.39 is 0 Å². The molecular weight excluding hydrogens is 223 g/mol. The lowest BCUT2D eigenvalue weighted by atomic mass is 10.1. The SMILES string of the molecule is COc1ccc(F)cc1C1CNC(=O)CCN1. The Morgan fingerprint density at radius 1 is 1.47 bits per heavy atom. The number of carbonyl (C=O) groups is 1. The Morgan fingerprint density at radius 3 is 3.06 bits per heavy atom. The Kier molecular flexibility index (Phi) is 3.58. The van der Waals surface area contributed by atoms with Gasteiger partial charge in [0.05, 0.1) is 13.2 Å². The first-order valence-electron chi connectivity index (χ1n) is 5.54. The zero-order valence-corrected chi connectivity index (χ0v) is 9.63. The van der Waals surface area contributed by atoms with Gasteiger partial charge in [0.25, 0.3) is 0 Å². The summed E-state index contributed by atoms with van der Waals surface area (Å²) in [5.74, 6) is 0.327. The van der Waals surface area contributed by atoms with Gasteiger partial charge in [0.15, 0.2) is 0 Å². The van der Waals surface area contributed by atoms with Gasteiger partial charge in [-0.1, -0.05) is 0 Å². The van der Waals surface area contributed by atoms with Crippen LogP contribution >= 0.6 is 0 Å². The lowest BCUT2D eigenvalue weighted by molar-refractivity contribution is -0.120. The first-order valence-corrected chi connectivity index (χ1v) is 5.54. The molecule has 1 amide bonds. The topological polar surface area (TPSA) is 50.4 Å². The Bertz CT molecular complexity index is 423. The molecule has 0 aliphatic carbocycles. The van der Waals surface area contributed by atoms with Crippen molar-refractivity contribution < 1.29 is 13.9 Å². The summed E-state index contributed by atoms with van der Waals surface area (Å²) in [6.45, 7) is 1.02. The number of rotatable bonds is 2. The lowest BCUT2D eigenvalue weighted by Gasteiger charge is -2.18. The Balaban J connectivity index is 2.25. The number of nitrogens with one attached hydrogen (secondary N) is 2. The highest BCUT2D eigenvalue weighted by atomic mass is 19.1. The highest BCUT2D eigenvalue weighted by molar-refractivity contribution is 5.76. The molecule has 2 N–H and O–H groups in total. The Hall–Kier alpha value is -1.62. The molecule has 0 spiro atoms. The van der Waals surface area contributed by atoms with Crippen molar-refractivity contribution in [2.24, 2.45) is 0 Å². The van der Waals surface area contributed by atoms with E-state index >= 15 is 0 Å². The van der Waals surface area contributed by atoms with Gasteiger partial charge in [-0.3, -0.25) is 4.79 Å².